The summed E-state index contributed by atoms with van der Waals surface area (Å²) in [6.45, 7) is 0.283. The fourth-order valence-corrected chi connectivity index (χ4v) is 4.95. The molecule has 2 saturated heterocycles. The van der Waals surface area contributed by atoms with Crippen LogP contribution in [0.4, 0.5) is 0 Å². The van der Waals surface area contributed by atoms with Crippen molar-refractivity contribution in [1.82, 2.24) is 4.90 Å². The monoisotopic (exact) mass is 308 g/mol. The van der Waals surface area contributed by atoms with Crippen LogP contribution in [0.15, 0.2) is 17.5 Å². The topological polar surface area (TPSA) is 72.6 Å². The molecule has 4 atom stereocenters. The molecule has 2 N–H and O–H groups in total. The van der Waals surface area contributed by atoms with Crippen molar-refractivity contribution in [3.8, 4) is 0 Å². The van der Waals surface area contributed by atoms with Crippen molar-refractivity contribution in [2.24, 2.45) is 11.7 Å². The molecule has 0 saturated carbocycles. The number of carbonyl (C=O) groups is 2. The van der Waals surface area contributed by atoms with Gasteiger partial charge in [0.15, 0.2) is 0 Å². The second-order valence-electron chi connectivity index (χ2n) is 5.84. The number of primary amides is 1. The van der Waals surface area contributed by atoms with Crippen molar-refractivity contribution in [2.45, 2.75) is 37.3 Å². The van der Waals surface area contributed by atoms with E-state index in [4.69, 9.17) is 10.5 Å². The summed E-state index contributed by atoms with van der Waals surface area (Å²) in [4.78, 5) is 26.9. The minimum Gasteiger partial charge on any atom is -0.469 e. The minimum atomic E-state index is -0.298. The van der Waals surface area contributed by atoms with E-state index in [1.165, 1.54) is 12.0 Å². The van der Waals surface area contributed by atoms with E-state index >= 15 is 0 Å². The van der Waals surface area contributed by atoms with Gasteiger partial charge in [0.2, 0.25) is 5.91 Å². The van der Waals surface area contributed by atoms with E-state index in [1.807, 2.05) is 11.4 Å². The average molecular weight is 308 g/mol. The zero-order chi connectivity index (χ0) is 15.0. The third-order valence-electron chi connectivity index (χ3n) is 4.78. The first-order chi connectivity index (χ1) is 10.1. The molecule has 5 nitrogen and oxygen atoms in total. The van der Waals surface area contributed by atoms with Gasteiger partial charge in [0, 0.05) is 22.9 Å². The number of nitrogens with zero attached hydrogens (tertiary/aromatic N) is 1. The molecule has 21 heavy (non-hydrogen) atoms. The molecule has 3 rings (SSSR count). The Hall–Kier alpha value is -1.40. The van der Waals surface area contributed by atoms with Gasteiger partial charge in [0.25, 0.3) is 0 Å². The number of fused-ring (bicyclic) bond motifs is 2. The molecular formula is C15H20N2O3S. The van der Waals surface area contributed by atoms with Crippen LogP contribution in [0.5, 0.6) is 0 Å². The van der Waals surface area contributed by atoms with E-state index in [2.05, 4.69) is 11.0 Å². The van der Waals surface area contributed by atoms with Gasteiger partial charge >= 0.3 is 5.97 Å². The molecule has 2 fully saturated rings. The number of hydrogen-bond acceptors (Lipinski definition) is 5. The lowest BCUT2D eigenvalue weighted by Gasteiger charge is -2.42. The summed E-state index contributed by atoms with van der Waals surface area (Å²) in [5.74, 6) is -0.441. The van der Waals surface area contributed by atoms with Gasteiger partial charge in [-0.25, -0.2) is 0 Å². The first-order valence-electron chi connectivity index (χ1n) is 7.27. The molecule has 0 aromatic carbocycles. The first-order valence-corrected chi connectivity index (χ1v) is 8.15. The number of carbonyl (C=O) groups excluding carboxylic acids is 2. The van der Waals surface area contributed by atoms with Crippen LogP contribution in [0, 0.1) is 5.92 Å². The van der Waals surface area contributed by atoms with E-state index < -0.39 is 0 Å². The highest BCUT2D eigenvalue weighted by molar-refractivity contribution is 7.10. The lowest BCUT2D eigenvalue weighted by atomic mass is 9.79. The normalized spacial score (nSPS) is 32.0. The Labute approximate surface area is 128 Å². The quantitative estimate of drug-likeness (QED) is 0.852. The fourth-order valence-electron chi connectivity index (χ4n) is 4.00. The Morgan fingerprint density at radius 1 is 1.48 bits per heavy atom. The maximum atomic E-state index is 12.2. The lowest BCUT2D eigenvalue weighted by Crippen LogP contribution is -2.52. The average Bonchev–Trinajstić information content (AvgIpc) is 3.06. The smallest absolute Gasteiger partial charge is 0.309 e. The maximum Gasteiger partial charge on any atom is 0.309 e. The number of amides is 1. The molecule has 4 unspecified atom stereocenters. The standard InChI is InChI=1S/C15H20N2O3S/c1-20-15(19)10-7-9-4-5-11(17(9)8-13(16)18)14(10)12-3-2-6-21-12/h2-3,6,9-11,14H,4-5,7-8H2,1H3,(H2,16,18). The van der Waals surface area contributed by atoms with Crippen LogP contribution in [-0.4, -0.2) is 42.5 Å². The molecule has 2 aliphatic rings. The van der Waals surface area contributed by atoms with Crippen molar-refractivity contribution >= 4 is 23.2 Å². The molecule has 3 heterocycles. The molecule has 0 radical (unpaired) electrons. The van der Waals surface area contributed by atoms with Crippen LogP contribution in [-0.2, 0) is 14.3 Å². The van der Waals surface area contributed by atoms with Crippen molar-refractivity contribution in [3.05, 3.63) is 22.4 Å². The summed E-state index contributed by atoms with van der Waals surface area (Å²) < 4.78 is 5.01. The summed E-state index contributed by atoms with van der Waals surface area (Å²) in [7, 11) is 1.45. The third kappa shape index (κ3) is 2.58. The van der Waals surface area contributed by atoms with E-state index in [1.54, 1.807) is 11.3 Å². The van der Waals surface area contributed by atoms with Gasteiger partial charge in [-0.15, -0.1) is 11.3 Å². The van der Waals surface area contributed by atoms with Crippen molar-refractivity contribution < 1.29 is 14.3 Å². The number of nitrogens with two attached hydrogens (primary N) is 1. The number of thiophene rings is 1. The molecule has 2 bridgehead atoms. The Balaban J connectivity index is 1.93. The summed E-state index contributed by atoms with van der Waals surface area (Å²) in [5, 5.41) is 2.03. The molecule has 114 valence electrons. The third-order valence-corrected chi connectivity index (χ3v) is 5.75. The number of hydrogen-bond donors (Lipinski definition) is 1. The number of methoxy groups -OCH3 is 1. The zero-order valence-electron chi connectivity index (χ0n) is 12.0. The Bertz CT molecular complexity index is 531. The van der Waals surface area contributed by atoms with Crippen LogP contribution in [0.25, 0.3) is 0 Å². The minimum absolute atomic E-state index is 0.107. The predicted molar refractivity (Wildman–Crippen MR) is 79.9 cm³/mol. The highest BCUT2D eigenvalue weighted by Gasteiger charge is 2.50. The molecule has 2 aliphatic heterocycles. The first kappa shape index (κ1) is 14.5. The molecule has 1 aromatic heterocycles. The van der Waals surface area contributed by atoms with Crippen molar-refractivity contribution in [2.75, 3.05) is 13.7 Å². The van der Waals surface area contributed by atoms with Crippen molar-refractivity contribution in [3.63, 3.8) is 0 Å². The molecule has 6 heteroatoms. The zero-order valence-corrected chi connectivity index (χ0v) is 12.8. The summed E-state index contributed by atoms with van der Waals surface area (Å²) in [6, 6.07) is 4.56. The Morgan fingerprint density at radius 3 is 2.90 bits per heavy atom. The highest BCUT2D eigenvalue weighted by atomic mass is 32.1. The van der Waals surface area contributed by atoms with E-state index in [9.17, 15) is 9.59 Å². The molecule has 0 spiro atoms. The number of ether oxygens (including phenoxy) is 1. The van der Waals surface area contributed by atoms with E-state index in [-0.39, 0.29) is 42.3 Å². The number of rotatable bonds is 4. The van der Waals surface area contributed by atoms with Crippen LogP contribution in [0.1, 0.15) is 30.1 Å². The molecule has 1 aromatic rings. The fraction of sp³-hybridized carbons (Fsp3) is 0.600. The predicted octanol–water partition coefficient (Wildman–Crippen LogP) is 1.34. The number of esters is 1. The second kappa shape index (κ2) is 5.77. The van der Waals surface area contributed by atoms with Crippen LogP contribution in [0.2, 0.25) is 0 Å². The largest absolute Gasteiger partial charge is 0.469 e. The Morgan fingerprint density at radius 2 is 2.29 bits per heavy atom. The molecule has 0 aliphatic carbocycles. The highest BCUT2D eigenvalue weighted by Crippen LogP contribution is 2.48. The second-order valence-corrected chi connectivity index (χ2v) is 6.82. The van der Waals surface area contributed by atoms with Gasteiger partial charge < -0.3 is 10.5 Å². The van der Waals surface area contributed by atoms with Crippen LogP contribution in [0.3, 0.4) is 0 Å². The van der Waals surface area contributed by atoms with Gasteiger partial charge in [0.05, 0.1) is 19.6 Å². The van der Waals surface area contributed by atoms with Gasteiger partial charge in [-0.05, 0) is 30.7 Å². The van der Waals surface area contributed by atoms with Crippen molar-refractivity contribution in [1.29, 1.82) is 0 Å². The molecular weight excluding hydrogens is 288 g/mol. The van der Waals surface area contributed by atoms with E-state index in [0.717, 1.165) is 19.3 Å². The van der Waals surface area contributed by atoms with Gasteiger partial charge in [-0.2, -0.15) is 0 Å². The molecule has 1 amide bonds. The lowest BCUT2D eigenvalue weighted by molar-refractivity contribution is -0.149. The maximum absolute atomic E-state index is 12.2. The summed E-state index contributed by atoms with van der Waals surface area (Å²) in [5.41, 5.74) is 5.39. The van der Waals surface area contributed by atoms with Gasteiger partial charge in [-0.1, -0.05) is 6.07 Å². The van der Waals surface area contributed by atoms with Gasteiger partial charge in [-0.3, -0.25) is 14.5 Å². The number of piperidine rings is 1. The van der Waals surface area contributed by atoms with Crippen LogP contribution >= 0.6 is 11.3 Å². The summed E-state index contributed by atoms with van der Waals surface area (Å²) >= 11 is 1.67. The van der Waals surface area contributed by atoms with E-state index in [0.29, 0.717) is 0 Å². The van der Waals surface area contributed by atoms with Gasteiger partial charge in [0.1, 0.15) is 0 Å². The SMILES string of the molecule is COC(=O)C1CC2CCC(C1c1cccs1)N2CC(N)=O. The summed E-state index contributed by atoms with van der Waals surface area (Å²) in [6.07, 6.45) is 2.78. The van der Waals surface area contributed by atoms with Crippen LogP contribution < -0.4 is 5.73 Å². The Kier molecular flexibility index (Phi) is 3.99.